The summed E-state index contributed by atoms with van der Waals surface area (Å²) in [7, 11) is -3.29. The van der Waals surface area contributed by atoms with E-state index < -0.39 is 9.84 Å². The van der Waals surface area contributed by atoms with Crippen LogP contribution in [0.2, 0.25) is 0 Å². The Balaban J connectivity index is 1.97. The van der Waals surface area contributed by atoms with Crippen LogP contribution in [0.25, 0.3) is 10.8 Å². The largest absolute Gasteiger partial charge is 0.462 e. The maximum Gasteiger partial charge on any atom is 0.278 e. The first-order valence-electron chi connectivity index (χ1n) is 8.33. The number of aromatic nitrogens is 1. The summed E-state index contributed by atoms with van der Waals surface area (Å²) in [6.07, 6.45) is 2.72. The normalized spacial score (nSPS) is 11.7. The molecule has 0 atom stereocenters. The number of hydrogen-bond donors (Lipinski definition) is 0. The Morgan fingerprint density at radius 3 is 2.37 bits per heavy atom. The molecular weight excluding hydrogens is 384 g/mol. The summed E-state index contributed by atoms with van der Waals surface area (Å²) in [5.74, 6) is 0.388. The molecule has 3 aromatic rings. The molecule has 0 N–H and O–H groups in total. The first kappa shape index (κ1) is 19.3. The van der Waals surface area contributed by atoms with E-state index in [2.05, 4.69) is 4.98 Å². The molecule has 1 amide bonds. The minimum absolute atomic E-state index is 0.130. The molecule has 0 saturated carbocycles. The number of furan rings is 1. The van der Waals surface area contributed by atoms with Gasteiger partial charge in [-0.3, -0.25) is 4.79 Å². The number of thiazole rings is 1. The smallest absolute Gasteiger partial charge is 0.278 e. The molecule has 0 aliphatic heterocycles. The lowest BCUT2D eigenvalue weighted by molar-refractivity contribution is 0.0975. The summed E-state index contributed by atoms with van der Waals surface area (Å²) in [4.78, 5) is 20.3. The Hall–Kier alpha value is -2.45. The van der Waals surface area contributed by atoms with Crippen LogP contribution >= 0.6 is 11.3 Å². The van der Waals surface area contributed by atoms with Crippen molar-refractivity contribution in [2.75, 3.05) is 11.2 Å². The predicted molar refractivity (Wildman–Crippen MR) is 106 cm³/mol. The van der Waals surface area contributed by atoms with Crippen molar-refractivity contribution in [3.63, 3.8) is 0 Å². The molecule has 3 rings (SSSR count). The quantitative estimate of drug-likeness (QED) is 0.637. The summed E-state index contributed by atoms with van der Waals surface area (Å²) in [5.41, 5.74) is 0.988. The Labute approximate surface area is 162 Å². The molecule has 0 aliphatic carbocycles. The molecule has 2 aromatic heterocycles. The Morgan fingerprint density at radius 2 is 1.85 bits per heavy atom. The minimum Gasteiger partial charge on any atom is -0.462 e. The fourth-order valence-electron chi connectivity index (χ4n) is 2.72. The predicted octanol–water partition coefficient (Wildman–Crippen LogP) is 4.17. The van der Waals surface area contributed by atoms with Gasteiger partial charge in [-0.2, -0.15) is 0 Å². The molecule has 2 heterocycles. The maximum atomic E-state index is 13.2. The molecule has 0 saturated heterocycles. The van der Waals surface area contributed by atoms with Gasteiger partial charge in [0.1, 0.15) is 5.69 Å². The van der Waals surface area contributed by atoms with Crippen LogP contribution in [0.3, 0.4) is 0 Å². The van der Waals surface area contributed by atoms with Crippen molar-refractivity contribution in [2.24, 2.45) is 0 Å². The zero-order valence-electron chi connectivity index (χ0n) is 15.5. The van der Waals surface area contributed by atoms with Gasteiger partial charge in [0.15, 0.2) is 20.6 Å². The first-order valence-corrected chi connectivity index (χ1v) is 11.0. The van der Waals surface area contributed by atoms with Gasteiger partial charge < -0.3 is 9.32 Å². The van der Waals surface area contributed by atoms with Crippen molar-refractivity contribution >= 4 is 32.8 Å². The van der Waals surface area contributed by atoms with Crippen LogP contribution in [-0.4, -0.2) is 31.6 Å². The Bertz CT molecular complexity index is 1050. The number of amides is 1. The monoisotopic (exact) mass is 404 g/mol. The van der Waals surface area contributed by atoms with Crippen LogP contribution in [-0.2, 0) is 9.84 Å². The fraction of sp³-hybridized carbons (Fsp3) is 0.263. The second-order valence-electron chi connectivity index (χ2n) is 6.44. The molecule has 0 aliphatic rings. The van der Waals surface area contributed by atoms with E-state index in [1.807, 2.05) is 20.8 Å². The van der Waals surface area contributed by atoms with Crippen molar-refractivity contribution in [3.05, 3.63) is 53.2 Å². The average molecular weight is 405 g/mol. The summed E-state index contributed by atoms with van der Waals surface area (Å²) >= 11 is 1.40. The first-order chi connectivity index (χ1) is 12.7. The van der Waals surface area contributed by atoms with Crippen molar-refractivity contribution < 1.29 is 17.6 Å². The molecule has 0 radical (unpaired) electrons. The number of sulfone groups is 1. The van der Waals surface area contributed by atoms with Crippen LogP contribution in [0.4, 0.5) is 5.69 Å². The Kier molecular flexibility index (Phi) is 5.21. The highest BCUT2D eigenvalue weighted by Crippen LogP contribution is 2.30. The number of rotatable bonds is 5. The van der Waals surface area contributed by atoms with Gasteiger partial charge in [-0.15, -0.1) is 11.3 Å². The summed E-state index contributed by atoms with van der Waals surface area (Å²) in [6, 6.07) is 9.75. The van der Waals surface area contributed by atoms with E-state index in [1.165, 1.54) is 23.5 Å². The van der Waals surface area contributed by atoms with Crippen LogP contribution in [0.5, 0.6) is 0 Å². The van der Waals surface area contributed by atoms with E-state index in [0.717, 1.165) is 11.1 Å². The third kappa shape index (κ3) is 3.96. The summed E-state index contributed by atoms with van der Waals surface area (Å²) in [6.45, 7) is 5.65. The van der Waals surface area contributed by atoms with E-state index in [0.29, 0.717) is 22.1 Å². The lowest BCUT2D eigenvalue weighted by Crippen LogP contribution is -2.37. The van der Waals surface area contributed by atoms with E-state index in [1.54, 1.807) is 35.4 Å². The van der Waals surface area contributed by atoms with Gasteiger partial charge in [-0.05, 0) is 57.2 Å². The summed E-state index contributed by atoms with van der Waals surface area (Å²) < 4.78 is 28.7. The molecule has 142 valence electrons. The SMILES string of the molecule is Cc1sc(-c2ccco2)nc1C(=O)N(c1ccc(S(C)(=O)=O)cc1)C(C)C. The highest BCUT2D eigenvalue weighted by molar-refractivity contribution is 7.90. The third-order valence-electron chi connectivity index (χ3n) is 4.01. The van der Waals surface area contributed by atoms with E-state index >= 15 is 0 Å². The number of carbonyl (C=O) groups excluding carboxylic acids is 1. The molecule has 6 nitrogen and oxygen atoms in total. The molecule has 27 heavy (non-hydrogen) atoms. The van der Waals surface area contributed by atoms with E-state index in [9.17, 15) is 13.2 Å². The zero-order valence-corrected chi connectivity index (χ0v) is 17.1. The number of benzene rings is 1. The van der Waals surface area contributed by atoms with Gasteiger partial charge in [0.25, 0.3) is 5.91 Å². The van der Waals surface area contributed by atoms with Gasteiger partial charge in [-0.1, -0.05) is 0 Å². The lowest BCUT2D eigenvalue weighted by Gasteiger charge is -2.26. The zero-order chi connectivity index (χ0) is 19.8. The van der Waals surface area contributed by atoms with Gasteiger partial charge in [0, 0.05) is 22.9 Å². The number of aryl methyl sites for hydroxylation is 1. The lowest BCUT2D eigenvalue weighted by atomic mass is 10.2. The maximum absolute atomic E-state index is 13.2. The van der Waals surface area contributed by atoms with E-state index in [-0.39, 0.29) is 16.8 Å². The molecule has 1 aromatic carbocycles. The molecule has 8 heteroatoms. The Morgan fingerprint density at radius 1 is 1.19 bits per heavy atom. The number of nitrogens with zero attached hydrogens (tertiary/aromatic N) is 2. The van der Waals surface area contributed by atoms with Crippen LogP contribution in [0, 0.1) is 6.92 Å². The van der Waals surface area contributed by atoms with Crippen molar-refractivity contribution in [2.45, 2.75) is 31.7 Å². The summed E-state index contributed by atoms with van der Waals surface area (Å²) in [5, 5.41) is 0.650. The van der Waals surface area contributed by atoms with Crippen molar-refractivity contribution in [3.8, 4) is 10.8 Å². The van der Waals surface area contributed by atoms with Gasteiger partial charge in [-0.25, -0.2) is 13.4 Å². The van der Waals surface area contributed by atoms with Gasteiger partial charge >= 0.3 is 0 Å². The van der Waals surface area contributed by atoms with Crippen LogP contribution < -0.4 is 4.90 Å². The van der Waals surface area contributed by atoms with Gasteiger partial charge in [0.2, 0.25) is 0 Å². The molecule has 0 bridgehead atoms. The van der Waals surface area contributed by atoms with E-state index in [4.69, 9.17) is 4.42 Å². The highest BCUT2D eigenvalue weighted by atomic mass is 32.2. The second kappa shape index (κ2) is 7.28. The highest BCUT2D eigenvalue weighted by Gasteiger charge is 2.26. The molecule has 0 unspecified atom stereocenters. The number of anilines is 1. The average Bonchev–Trinajstić information content (AvgIpc) is 3.23. The van der Waals surface area contributed by atoms with Crippen LogP contribution in [0.1, 0.15) is 29.2 Å². The van der Waals surface area contributed by atoms with Crippen molar-refractivity contribution in [1.29, 1.82) is 0 Å². The number of hydrogen-bond acceptors (Lipinski definition) is 6. The number of carbonyl (C=O) groups is 1. The van der Waals surface area contributed by atoms with Gasteiger partial charge in [0.05, 0.1) is 11.2 Å². The topological polar surface area (TPSA) is 80.5 Å². The molecular formula is C19H20N2O4S2. The fourth-order valence-corrected chi connectivity index (χ4v) is 4.22. The standard InChI is InChI=1S/C19H20N2O4S2/c1-12(2)21(14-7-9-15(10-8-14)27(4,23)24)19(22)17-13(3)26-18(20-17)16-6-5-11-25-16/h5-12H,1-4H3. The van der Waals surface area contributed by atoms with Crippen LogP contribution in [0.15, 0.2) is 52.0 Å². The third-order valence-corrected chi connectivity index (χ3v) is 6.12. The van der Waals surface area contributed by atoms with Crippen molar-refractivity contribution in [1.82, 2.24) is 4.98 Å². The molecule has 0 spiro atoms. The second-order valence-corrected chi connectivity index (χ2v) is 9.66. The minimum atomic E-state index is -3.29. The molecule has 0 fully saturated rings.